The van der Waals surface area contributed by atoms with Crippen molar-refractivity contribution in [1.29, 1.82) is 0 Å². The Morgan fingerprint density at radius 1 is 1.10 bits per heavy atom. The Bertz CT molecular complexity index is 680. The van der Waals surface area contributed by atoms with E-state index in [1.54, 1.807) is 0 Å². The molecule has 4 aliphatic rings. The first-order chi connectivity index (χ1) is 14.2. The Balaban J connectivity index is 1.47. The number of hydrogen-bond acceptors (Lipinski definition) is 4. The second kappa shape index (κ2) is 8.18. The Labute approximate surface area is 181 Å². The van der Waals surface area contributed by atoms with E-state index in [0.717, 1.165) is 12.8 Å². The van der Waals surface area contributed by atoms with Gasteiger partial charge in [-0.3, -0.25) is 14.9 Å². The van der Waals surface area contributed by atoms with E-state index < -0.39 is 11.5 Å². The van der Waals surface area contributed by atoms with Gasteiger partial charge in [0.1, 0.15) is 0 Å². The molecule has 4 rings (SSSR count). The predicted molar refractivity (Wildman–Crippen MR) is 116 cm³/mol. The Morgan fingerprint density at radius 2 is 1.83 bits per heavy atom. The monoisotopic (exact) mass is 419 g/mol. The molecule has 4 fully saturated rings. The van der Waals surface area contributed by atoms with Gasteiger partial charge in [0, 0.05) is 11.3 Å². The zero-order chi connectivity index (χ0) is 21.7. The lowest BCUT2D eigenvalue weighted by Gasteiger charge is -2.62. The van der Waals surface area contributed by atoms with E-state index in [-0.39, 0.29) is 17.3 Å². The van der Waals surface area contributed by atoms with Crippen LogP contribution >= 0.6 is 0 Å². The molecule has 0 radical (unpaired) electrons. The largest absolute Gasteiger partial charge is 0.393 e. The molecule has 5 heteroatoms. The number of nitro groups is 1. The molecule has 1 N–H and O–H groups in total. The summed E-state index contributed by atoms with van der Waals surface area (Å²) >= 11 is 0. The number of ketones is 1. The predicted octanol–water partition coefficient (Wildman–Crippen LogP) is 5.27. The number of aliphatic hydroxyl groups is 1. The summed E-state index contributed by atoms with van der Waals surface area (Å²) in [5, 5.41) is 21.9. The van der Waals surface area contributed by atoms with Crippen LogP contribution in [0.4, 0.5) is 0 Å². The first kappa shape index (κ1) is 22.2. The van der Waals surface area contributed by atoms with E-state index in [1.165, 1.54) is 51.4 Å². The molecule has 7 unspecified atom stereocenters. The van der Waals surface area contributed by atoms with Crippen molar-refractivity contribution < 1.29 is 14.8 Å². The number of carbonyl (C=O) groups excluding carboxylic acids is 1. The van der Waals surface area contributed by atoms with Crippen LogP contribution in [0.2, 0.25) is 0 Å². The maximum absolute atomic E-state index is 11.9. The molecule has 4 aliphatic carbocycles. The highest BCUT2D eigenvalue weighted by atomic mass is 16.6. The third kappa shape index (κ3) is 3.63. The first-order valence-corrected chi connectivity index (χ1v) is 12.5. The van der Waals surface area contributed by atoms with Crippen molar-refractivity contribution in [2.75, 3.05) is 6.54 Å². The molecule has 0 saturated heterocycles. The Morgan fingerprint density at radius 3 is 2.57 bits per heavy atom. The molecule has 0 aromatic heterocycles. The number of carbonyl (C=O) groups is 1. The smallest absolute Gasteiger partial charge is 0.261 e. The van der Waals surface area contributed by atoms with Crippen molar-refractivity contribution in [2.24, 2.45) is 46.3 Å². The van der Waals surface area contributed by atoms with Crippen LogP contribution < -0.4 is 0 Å². The van der Waals surface area contributed by atoms with E-state index in [4.69, 9.17) is 0 Å². The minimum atomic E-state index is -0.535. The number of aliphatic hydroxyl groups excluding tert-OH is 1. The maximum Gasteiger partial charge on any atom is 0.261 e. The average Bonchev–Trinajstić information content (AvgIpc) is 3.03. The minimum absolute atomic E-state index is 0.147. The summed E-state index contributed by atoms with van der Waals surface area (Å²) in [6.45, 7) is 6.72. The number of Topliss-reactive ketones (excluding diaryl/α,β-unsaturated/α-hetero) is 1. The molecule has 30 heavy (non-hydrogen) atoms. The van der Waals surface area contributed by atoms with Crippen LogP contribution in [0.15, 0.2) is 0 Å². The van der Waals surface area contributed by atoms with Crippen LogP contribution in [0, 0.1) is 56.5 Å². The lowest BCUT2D eigenvalue weighted by Crippen LogP contribution is -2.57. The second-order valence-electron chi connectivity index (χ2n) is 11.8. The van der Waals surface area contributed by atoms with E-state index in [2.05, 4.69) is 20.8 Å². The van der Waals surface area contributed by atoms with Gasteiger partial charge >= 0.3 is 0 Å². The number of nitrogens with zero attached hydrogens (tertiary/aromatic N) is 1. The summed E-state index contributed by atoms with van der Waals surface area (Å²) in [6, 6.07) is 0. The molecule has 0 bridgehead atoms. The fraction of sp³-hybridized carbons (Fsp3) is 0.960. The van der Waals surface area contributed by atoms with Gasteiger partial charge in [0.15, 0.2) is 0 Å². The first-order valence-electron chi connectivity index (χ1n) is 12.5. The summed E-state index contributed by atoms with van der Waals surface area (Å²) < 4.78 is 0. The van der Waals surface area contributed by atoms with Gasteiger partial charge in [-0.25, -0.2) is 0 Å². The van der Waals surface area contributed by atoms with Crippen LogP contribution in [-0.4, -0.2) is 28.5 Å². The highest BCUT2D eigenvalue weighted by molar-refractivity contribution is 5.79. The Kier molecular flexibility index (Phi) is 6.06. The van der Waals surface area contributed by atoms with Gasteiger partial charge in [-0.15, -0.1) is 0 Å². The molecule has 9 atom stereocenters. The van der Waals surface area contributed by atoms with Gasteiger partial charge in [-0.05, 0) is 97.7 Å². The van der Waals surface area contributed by atoms with Crippen LogP contribution in [-0.2, 0) is 4.79 Å². The maximum atomic E-state index is 11.9. The van der Waals surface area contributed by atoms with Crippen molar-refractivity contribution >= 4 is 5.78 Å². The fourth-order valence-corrected chi connectivity index (χ4v) is 9.04. The van der Waals surface area contributed by atoms with E-state index in [1.807, 2.05) is 0 Å². The molecule has 5 nitrogen and oxygen atoms in total. The molecule has 4 saturated carbocycles. The third-order valence-corrected chi connectivity index (χ3v) is 10.5. The highest BCUT2D eigenvalue weighted by Crippen LogP contribution is 2.68. The highest BCUT2D eigenvalue weighted by Gasteiger charge is 2.62. The van der Waals surface area contributed by atoms with Crippen LogP contribution in [0.1, 0.15) is 91.4 Å². The van der Waals surface area contributed by atoms with E-state index >= 15 is 0 Å². The van der Waals surface area contributed by atoms with E-state index in [0.29, 0.717) is 47.3 Å². The van der Waals surface area contributed by atoms with Gasteiger partial charge < -0.3 is 5.11 Å². The quantitative estimate of drug-likeness (QED) is 0.470. The molecule has 0 aromatic rings. The van der Waals surface area contributed by atoms with Crippen molar-refractivity contribution in [3.63, 3.8) is 0 Å². The van der Waals surface area contributed by atoms with Crippen LogP contribution in [0.25, 0.3) is 0 Å². The number of fused-ring (bicyclic) bond motifs is 5. The van der Waals surface area contributed by atoms with Gasteiger partial charge in [-0.2, -0.15) is 0 Å². The van der Waals surface area contributed by atoms with Gasteiger partial charge in [-0.1, -0.05) is 33.6 Å². The van der Waals surface area contributed by atoms with Crippen molar-refractivity contribution in [2.45, 2.75) is 97.5 Å². The molecule has 0 spiro atoms. The summed E-state index contributed by atoms with van der Waals surface area (Å²) in [5.41, 5.74) is 0.660. The number of hydrogen-bond donors (Lipinski definition) is 1. The van der Waals surface area contributed by atoms with Gasteiger partial charge in [0.25, 0.3) is 6.54 Å². The molecule has 0 amide bonds. The molecule has 0 aromatic carbocycles. The van der Waals surface area contributed by atoms with E-state index in [9.17, 15) is 20.0 Å². The second-order valence-corrected chi connectivity index (χ2v) is 11.8. The Hall–Kier alpha value is -0.970. The van der Waals surface area contributed by atoms with Crippen LogP contribution in [0.3, 0.4) is 0 Å². The van der Waals surface area contributed by atoms with Crippen LogP contribution in [0.5, 0.6) is 0 Å². The van der Waals surface area contributed by atoms with Crippen molar-refractivity contribution in [1.82, 2.24) is 0 Å². The summed E-state index contributed by atoms with van der Waals surface area (Å²) in [6.07, 6.45) is 12.1. The minimum Gasteiger partial charge on any atom is -0.393 e. The molecule has 170 valence electrons. The third-order valence-electron chi connectivity index (χ3n) is 10.5. The fourth-order valence-electron chi connectivity index (χ4n) is 9.04. The van der Waals surface area contributed by atoms with Crippen molar-refractivity contribution in [3.05, 3.63) is 10.1 Å². The standard InChI is InChI=1S/C25H41NO4/c1-16(7-8-18(27)15-26(29)30)19-9-10-20-23-21(11-13-25(19,20)3)24(2)12-5-4-6-17(24)14-22(23)28/h16-17,19-23,28H,4-15H2,1-3H3/t16?,17?,19-,20?,21?,22-,23?,24?,25?/m1/s1. The zero-order valence-electron chi connectivity index (χ0n) is 19.1. The normalized spacial score (nSPS) is 46.4. The van der Waals surface area contributed by atoms with Crippen molar-refractivity contribution in [3.8, 4) is 0 Å². The van der Waals surface area contributed by atoms with Gasteiger partial charge in [0.05, 0.1) is 6.10 Å². The molecule has 0 aliphatic heterocycles. The average molecular weight is 420 g/mol. The summed E-state index contributed by atoms with van der Waals surface area (Å²) in [5.74, 6) is 3.14. The molecule has 0 heterocycles. The lowest BCUT2D eigenvalue weighted by molar-refractivity contribution is -0.467. The van der Waals surface area contributed by atoms with Gasteiger partial charge in [0.2, 0.25) is 5.78 Å². The zero-order valence-corrected chi connectivity index (χ0v) is 19.1. The SMILES string of the molecule is CC(CCC(=O)C[N+](=O)[O-])[C@H]1CCC2C3C(CCC21C)C1(C)CCCCC1C[C@H]3O. The topological polar surface area (TPSA) is 80.4 Å². The molecular formula is C25H41NO4. The lowest BCUT2D eigenvalue weighted by atomic mass is 9.44. The number of rotatable bonds is 6. The summed E-state index contributed by atoms with van der Waals surface area (Å²) in [4.78, 5) is 22.0. The summed E-state index contributed by atoms with van der Waals surface area (Å²) in [7, 11) is 0. The molecular weight excluding hydrogens is 378 g/mol.